The topological polar surface area (TPSA) is 40.1 Å². The van der Waals surface area contributed by atoms with E-state index < -0.39 is 11.9 Å². The lowest BCUT2D eigenvalue weighted by atomic mass is 9.72. The van der Waals surface area contributed by atoms with E-state index in [4.69, 9.17) is 0 Å². The van der Waals surface area contributed by atoms with Crippen molar-refractivity contribution < 1.29 is 9.90 Å². The van der Waals surface area contributed by atoms with Gasteiger partial charge in [0.05, 0.1) is 0 Å². The fourth-order valence-electron chi connectivity index (χ4n) is 1.99. The number of hydrogen-bond donors (Lipinski definition) is 0. The van der Waals surface area contributed by atoms with Gasteiger partial charge in [0.25, 0.3) is 0 Å². The van der Waals surface area contributed by atoms with Crippen LogP contribution in [0.2, 0.25) is 0 Å². The Morgan fingerprint density at radius 2 is 2.06 bits per heavy atom. The molecule has 0 aromatic carbocycles. The van der Waals surface area contributed by atoms with Crippen LogP contribution in [0.3, 0.4) is 0 Å². The summed E-state index contributed by atoms with van der Waals surface area (Å²) in [6.07, 6.45) is 6.15. The summed E-state index contributed by atoms with van der Waals surface area (Å²) in [4.78, 5) is 11.1. The predicted octanol–water partition coefficient (Wildman–Crippen LogP) is 2.70. The number of carbonyl (C=O) groups excluding carboxylic acids is 1. The molecule has 0 radical (unpaired) electrons. The maximum absolute atomic E-state index is 11.1. The van der Waals surface area contributed by atoms with Gasteiger partial charge in [0.2, 0.25) is 0 Å². The molecule has 16 heavy (non-hydrogen) atoms. The van der Waals surface area contributed by atoms with Gasteiger partial charge in [0.1, 0.15) is 0 Å². The molecule has 0 amide bonds. The number of hydrogen-bond acceptors (Lipinski definition) is 2. The van der Waals surface area contributed by atoms with Crippen LogP contribution in [0.5, 0.6) is 0 Å². The second kappa shape index (κ2) is 6.51. The number of rotatable bonds is 7. The van der Waals surface area contributed by atoms with E-state index >= 15 is 0 Å². The van der Waals surface area contributed by atoms with E-state index in [9.17, 15) is 9.90 Å². The summed E-state index contributed by atoms with van der Waals surface area (Å²) in [6, 6.07) is 0. The number of carboxylic acid groups (broad SMARTS) is 1. The van der Waals surface area contributed by atoms with Gasteiger partial charge in [-0.3, -0.25) is 0 Å². The summed E-state index contributed by atoms with van der Waals surface area (Å²) < 4.78 is 0. The molecule has 2 atom stereocenters. The molecular formula is C14H23O2-. The zero-order valence-corrected chi connectivity index (χ0v) is 10.9. The van der Waals surface area contributed by atoms with Crippen molar-refractivity contribution in [3.8, 4) is 0 Å². The van der Waals surface area contributed by atoms with Gasteiger partial charge in [-0.15, -0.1) is 6.58 Å². The molecule has 0 rings (SSSR count). The Labute approximate surface area is 99.1 Å². The smallest absolute Gasteiger partial charge is 0.0453 e. The maximum Gasteiger partial charge on any atom is 0.0453 e. The van der Waals surface area contributed by atoms with Crippen molar-refractivity contribution >= 4 is 5.97 Å². The Morgan fingerprint density at radius 3 is 2.38 bits per heavy atom. The van der Waals surface area contributed by atoms with Gasteiger partial charge >= 0.3 is 0 Å². The highest BCUT2D eigenvalue weighted by Crippen LogP contribution is 2.36. The largest absolute Gasteiger partial charge is 0.550 e. The zero-order valence-electron chi connectivity index (χ0n) is 10.9. The highest BCUT2D eigenvalue weighted by atomic mass is 16.4. The molecule has 92 valence electrons. The normalized spacial score (nSPS) is 16.0. The Morgan fingerprint density at radius 1 is 1.50 bits per heavy atom. The molecule has 0 bridgehead atoms. The van der Waals surface area contributed by atoms with Gasteiger partial charge in [0, 0.05) is 11.9 Å². The van der Waals surface area contributed by atoms with E-state index in [1.54, 1.807) is 6.08 Å². The molecule has 0 saturated heterocycles. The number of allylic oxidation sites excluding steroid dienone is 3. The lowest BCUT2D eigenvalue weighted by molar-refractivity contribution is -0.314. The number of carboxylic acids is 1. The molecule has 2 heteroatoms. The van der Waals surface area contributed by atoms with Crippen LogP contribution in [-0.2, 0) is 4.79 Å². The van der Waals surface area contributed by atoms with Crippen LogP contribution in [0.1, 0.15) is 47.0 Å². The van der Waals surface area contributed by atoms with Gasteiger partial charge in [0.15, 0.2) is 0 Å². The highest BCUT2D eigenvalue weighted by molar-refractivity contribution is 5.69. The third-order valence-electron chi connectivity index (χ3n) is 3.19. The van der Waals surface area contributed by atoms with Gasteiger partial charge < -0.3 is 9.90 Å². The van der Waals surface area contributed by atoms with Crippen LogP contribution >= 0.6 is 0 Å². The lowest BCUT2D eigenvalue weighted by Gasteiger charge is -2.35. The molecule has 0 spiro atoms. The van der Waals surface area contributed by atoms with Crippen molar-refractivity contribution in [2.75, 3.05) is 0 Å². The monoisotopic (exact) mass is 223 g/mol. The highest BCUT2D eigenvalue weighted by Gasteiger charge is 2.30. The first-order valence-corrected chi connectivity index (χ1v) is 5.85. The van der Waals surface area contributed by atoms with Crippen LogP contribution < -0.4 is 5.11 Å². The summed E-state index contributed by atoms with van der Waals surface area (Å²) in [6.45, 7) is 11.7. The fraction of sp³-hybridized carbons (Fsp3) is 0.643. The van der Waals surface area contributed by atoms with E-state index in [-0.39, 0.29) is 5.41 Å². The zero-order chi connectivity index (χ0) is 12.8. The number of aliphatic carboxylic acids is 1. The molecule has 0 N–H and O–H groups in total. The average Bonchev–Trinajstić information content (AvgIpc) is 2.17. The van der Waals surface area contributed by atoms with Crippen LogP contribution in [0.4, 0.5) is 0 Å². The van der Waals surface area contributed by atoms with Crippen molar-refractivity contribution in [2.45, 2.75) is 47.0 Å². The van der Waals surface area contributed by atoms with Crippen molar-refractivity contribution in [1.29, 1.82) is 0 Å². The van der Waals surface area contributed by atoms with Crippen LogP contribution in [0.25, 0.3) is 0 Å². The second-order valence-corrected chi connectivity index (χ2v) is 4.81. The first kappa shape index (κ1) is 14.9. The van der Waals surface area contributed by atoms with Crippen molar-refractivity contribution in [2.24, 2.45) is 11.3 Å². The molecule has 0 saturated carbocycles. The molecule has 0 fully saturated rings. The Hall–Kier alpha value is -1.05. The Kier molecular flexibility index (Phi) is 6.09. The van der Waals surface area contributed by atoms with Crippen molar-refractivity contribution in [3.63, 3.8) is 0 Å². The number of carbonyl (C=O) groups is 1. The molecule has 2 unspecified atom stereocenters. The summed E-state index contributed by atoms with van der Waals surface area (Å²) in [5, 5.41) is 11.1. The van der Waals surface area contributed by atoms with E-state index in [1.165, 1.54) is 5.57 Å². The molecule has 0 aliphatic heterocycles. The quantitative estimate of drug-likeness (QED) is 0.623. The third kappa shape index (κ3) is 4.21. The SMILES string of the molecule is C=CC(C)(CCC=C(C)C)C(CC)C(=O)[O-]. The summed E-state index contributed by atoms with van der Waals surface area (Å²) >= 11 is 0. The third-order valence-corrected chi connectivity index (χ3v) is 3.19. The lowest BCUT2D eigenvalue weighted by Crippen LogP contribution is -2.40. The van der Waals surface area contributed by atoms with E-state index in [1.807, 2.05) is 27.7 Å². The predicted molar refractivity (Wildman–Crippen MR) is 65.8 cm³/mol. The first-order valence-electron chi connectivity index (χ1n) is 5.85. The van der Waals surface area contributed by atoms with Gasteiger partial charge in [-0.25, -0.2) is 0 Å². The van der Waals surface area contributed by atoms with Crippen LogP contribution in [0.15, 0.2) is 24.3 Å². The summed E-state index contributed by atoms with van der Waals surface area (Å²) in [5.74, 6) is -1.42. The minimum Gasteiger partial charge on any atom is -0.550 e. The molecule has 0 aromatic heterocycles. The standard InChI is InChI=1S/C14H24O2/c1-6-12(13(15)16)14(5,7-2)10-8-9-11(3)4/h7,9,12H,2,6,8,10H2,1,3-5H3,(H,15,16)/p-1. The van der Waals surface area contributed by atoms with E-state index in [2.05, 4.69) is 12.7 Å². The second-order valence-electron chi connectivity index (χ2n) is 4.81. The molecule has 0 aliphatic rings. The van der Waals surface area contributed by atoms with Crippen LogP contribution in [-0.4, -0.2) is 5.97 Å². The molecule has 0 aliphatic carbocycles. The minimum absolute atomic E-state index is 0.375. The van der Waals surface area contributed by atoms with Gasteiger partial charge in [-0.05, 0) is 38.5 Å². The first-order chi connectivity index (χ1) is 7.37. The molecular weight excluding hydrogens is 200 g/mol. The van der Waals surface area contributed by atoms with Gasteiger partial charge in [-0.1, -0.05) is 31.6 Å². The Balaban J connectivity index is 4.69. The molecule has 2 nitrogen and oxygen atoms in total. The van der Waals surface area contributed by atoms with Crippen LogP contribution in [0, 0.1) is 11.3 Å². The van der Waals surface area contributed by atoms with Crippen molar-refractivity contribution in [1.82, 2.24) is 0 Å². The fourth-order valence-corrected chi connectivity index (χ4v) is 1.99. The Bertz CT molecular complexity index is 274. The summed E-state index contributed by atoms with van der Waals surface area (Å²) in [5.41, 5.74) is 0.882. The van der Waals surface area contributed by atoms with Crippen molar-refractivity contribution in [3.05, 3.63) is 24.3 Å². The minimum atomic E-state index is -0.970. The van der Waals surface area contributed by atoms with E-state index in [0.29, 0.717) is 6.42 Å². The van der Waals surface area contributed by atoms with E-state index in [0.717, 1.165) is 12.8 Å². The van der Waals surface area contributed by atoms with Gasteiger partial charge in [-0.2, -0.15) is 0 Å². The summed E-state index contributed by atoms with van der Waals surface area (Å²) in [7, 11) is 0. The molecule has 0 aromatic rings. The average molecular weight is 223 g/mol. The molecule has 0 heterocycles. The maximum atomic E-state index is 11.1.